The van der Waals surface area contributed by atoms with Gasteiger partial charge in [0.1, 0.15) is 0 Å². The highest BCUT2D eigenvalue weighted by molar-refractivity contribution is 8.03. The van der Waals surface area contributed by atoms with Crippen LogP contribution in [0.3, 0.4) is 0 Å². The number of hydrogen-bond acceptors (Lipinski definition) is 7. The maximum Gasteiger partial charge on any atom is 0.230 e. The van der Waals surface area contributed by atoms with E-state index < -0.39 is 0 Å². The molecule has 0 radical (unpaired) electrons. The number of hydrogen-bond donors (Lipinski definition) is 1. The molecule has 0 aliphatic rings. The van der Waals surface area contributed by atoms with Crippen molar-refractivity contribution in [2.45, 2.75) is 41.8 Å². The van der Waals surface area contributed by atoms with Crippen LogP contribution in [0.4, 0.5) is 0 Å². The number of carbonyl (C=O) groups excluding carboxylic acids is 2. The molecule has 0 fully saturated rings. The Morgan fingerprint density at radius 2 is 1.69 bits per heavy atom. The van der Waals surface area contributed by atoms with E-state index in [1.807, 2.05) is 31.2 Å². The molecule has 1 amide bonds. The number of thioether (sulfide) groups is 2. The van der Waals surface area contributed by atoms with Crippen molar-refractivity contribution in [1.82, 2.24) is 15.5 Å². The van der Waals surface area contributed by atoms with E-state index in [0.717, 1.165) is 15.1 Å². The molecule has 0 spiro atoms. The molecule has 0 aliphatic carbocycles. The van der Waals surface area contributed by atoms with Crippen LogP contribution >= 0.6 is 34.9 Å². The SMILES string of the molecule is CCCNC(=O)CSc1nnc(SCC(=O)c2ccc(C(C)C)cc2)s1. The van der Waals surface area contributed by atoms with Gasteiger partial charge in [-0.1, -0.05) is 79.9 Å². The lowest BCUT2D eigenvalue weighted by Crippen LogP contribution is -2.25. The minimum atomic E-state index is 0.00118. The van der Waals surface area contributed by atoms with E-state index in [4.69, 9.17) is 0 Å². The van der Waals surface area contributed by atoms with Crippen LogP contribution in [0.15, 0.2) is 32.9 Å². The van der Waals surface area contributed by atoms with Crippen LogP contribution in [-0.4, -0.2) is 39.9 Å². The minimum Gasteiger partial charge on any atom is -0.355 e. The fourth-order valence-corrected chi connectivity index (χ4v) is 4.77. The second-order valence-electron chi connectivity index (χ2n) is 5.96. The summed E-state index contributed by atoms with van der Waals surface area (Å²) in [6.07, 6.45) is 0.921. The van der Waals surface area contributed by atoms with Crippen molar-refractivity contribution in [3.8, 4) is 0 Å². The van der Waals surface area contributed by atoms with Gasteiger partial charge in [0.25, 0.3) is 0 Å². The van der Waals surface area contributed by atoms with Gasteiger partial charge in [0, 0.05) is 12.1 Å². The fraction of sp³-hybridized carbons (Fsp3) is 0.444. The van der Waals surface area contributed by atoms with Crippen molar-refractivity contribution in [3.05, 3.63) is 35.4 Å². The third-order valence-electron chi connectivity index (χ3n) is 3.51. The van der Waals surface area contributed by atoms with Crippen LogP contribution in [0.2, 0.25) is 0 Å². The van der Waals surface area contributed by atoms with Crippen LogP contribution in [0.1, 0.15) is 49.0 Å². The molecule has 1 aromatic carbocycles. The van der Waals surface area contributed by atoms with Crippen LogP contribution < -0.4 is 5.32 Å². The third-order valence-corrected chi connectivity index (χ3v) is 6.70. The van der Waals surface area contributed by atoms with Gasteiger partial charge in [-0.2, -0.15) is 0 Å². The number of Topliss-reactive ketones (excluding diaryl/α,β-unsaturated/α-hetero) is 1. The Kier molecular flexibility index (Phi) is 8.61. The molecule has 8 heteroatoms. The van der Waals surface area contributed by atoms with Crippen molar-refractivity contribution >= 4 is 46.6 Å². The maximum atomic E-state index is 12.3. The Labute approximate surface area is 166 Å². The lowest BCUT2D eigenvalue weighted by atomic mass is 10.0. The van der Waals surface area contributed by atoms with Gasteiger partial charge in [-0.15, -0.1) is 10.2 Å². The van der Waals surface area contributed by atoms with Gasteiger partial charge < -0.3 is 5.32 Å². The van der Waals surface area contributed by atoms with E-state index in [0.29, 0.717) is 29.5 Å². The van der Waals surface area contributed by atoms with Crippen LogP contribution in [-0.2, 0) is 4.79 Å². The highest BCUT2D eigenvalue weighted by Gasteiger charge is 2.12. The third kappa shape index (κ3) is 6.74. The molecule has 2 aromatic rings. The van der Waals surface area contributed by atoms with Crippen LogP contribution in [0.25, 0.3) is 0 Å². The van der Waals surface area contributed by atoms with Gasteiger partial charge in [-0.3, -0.25) is 9.59 Å². The molecular weight excluding hydrogens is 386 g/mol. The highest BCUT2D eigenvalue weighted by atomic mass is 32.2. The maximum absolute atomic E-state index is 12.3. The molecule has 1 heterocycles. The molecule has 5 nitrogen and oxygen atoms in total. The Bertz CT molecular complexity index is 730. The van der Waals surface area contributed by atoms with E-state index in [2.05, 4.69) is 29.4 Å². The normalized spacial score (nSPS) is 10.9. The standard InChI is InChI=1S/C18H23N3O2S3/c1-4-9-19-16(23)11-25-18-21-20-17(26-18)24-10-15(22)14-7-5-13(6-8-14)12(2)3/h5-8,12H,4,9-11H2,1-3H3,(H,19,23). The van der Waals surface area contributed by atoms with Crippen molar-refractivity contribution in [2.75, 3.05) is 18.1 Å². The van der Waals surface area contributed by atoms with E-state index in [1.165, 1.54) is 40.4 Å². The first-order valence-electron chi connectivity index (χ1n) is 8.48. The first kappa shape index (κ1) is 20.9. The molecule has 0 saturated heterocycles. The molecule has 1 N–H and O–H groups in total. The summed E-state index contributed by atoms with van der Waals surface area (Å²) >= 11 is 4.17. The quantitative estimate of drug-likeness (QED) is 0.467. The number of carbonyl (C=O) groups is 2. The highest BCUT2D eigenvalue weighted by Crippen LogP contribution is 2.29. The largest absolute Gasteiger partial charge is 0.355 e. The lowest BCUT2D eigenvalue weighted by Gasteiger charge is -2.05. The monoisotopic (exact) mass is 409 g/mol. The molecule has 0 saturated carbocycles. The minimum absolute atomic E-state index is 0.00118. The summed E-state index contributed by atoms with van der Waals surface area (Å²) in [6, 6.07) is 7.78. The predicted octanol–water partition coefficient (Wildman–Crippen LogP) is 4.25. The number of benzene rings is 1. The number of ketones is 1. The van der Waals surface area contributed by atoms with E-state index >= 15 is 0 Å². The number of nitrogens with zero attached hydrogens (tertiary/aromatic N) is 2. The Morgan fingerprint density at radius 3 is 2.27 bits per heavy atom. The Morgan fingerprint density at radius 1 is 1.08 bits per heavy atom. The molecular formula is C18H23N3O2S3. The zero-order valence-electron chi connectivity index (χ0n) is 15.2. The summed E-state index contributed by atoms with van der Waals surface area (Å²) in [5, 5.41) is 11.0. The molecule has 2 rings (SSSR count). The van der Waals surface area contributed by atoms with E-state index in [-0.39, 0.29) is 11.7 Å². The Hall–Kier alpha value is -1.38. The van der Waals surface area contributed by atoms with Crippen molar-refractivity contribution < 1.29 is 9.59 Å². The summed E-state index contributed by atoms with van der Waals surface area (Å²) in [7, 11) is 0. The summed E-state index contributed by atoms with van der Waals surface area (Å²) in [5.74, 6) is 1.20. The first-order chi connectivity index (χ1) is 12.5. The first-order valence-corrected chi connectivity index (χ1v) is 11.3. The number of aromatic nitrogens is 2. The zero-order valence-corrected chi connectivity index (χ0v) is 17.6. The van der Waals surface area contributed by atoms with Crippen LogP contribution in [0, 0.1) is 0 Å². The molecule has 1 aromatic heterocycles. The summed E-state index contributed by atoms with van der Waals surface area (Å²) in [5.41, 5.74) is 1.94. The lowest BCUT2D eigenvalue weighted by molar-refractivity contribution is -0.118. The molecule has 140 valence electrons. The van der Waals surface area contributed by atoms with Crippen molar-refractivity contribution in [3.63, 3.8) is 0 Å². The van der Waals surface area contributed by atoms with Gasteiger partial charge in [0.05, 0.1) is 11.5 Å². The number of amides is 1. The van der Waals surface area contributed by atoms with E-state index in [1.54, 1.807) is 0 Å². The summed E-state index contributed by atoms with van der Waals surface area (Å²) in [4.78, 5) is 23.9. The molecule has 0 aliphatic heterocycles. The molecule has 26 heavy (non-hydrogen) atoms. The number of nitrogens with one attached hydrogen (secondary N) is 1. The smallest absolute Gasteiger partial charge is 0.230 e. The predicted molar refractivity (Wildman–Crippen MR) is 110 cm³/mol. The average Bonchev–Trinajstić information content (AvgIpc) is 3.10. The van der Waals surface area contributed by atoms with Gasteiger partial charge in [0.15, 0.2) is 14.5 Å². The van der Waals surface area contributed by atoms with E-state index in [9.17, 15) is 9.59 Å². The molecule has 0 atom stereocenters. The Balaban J connectivity index is 1.79. The summed E-state index contributed by atoms with van der Waals surface area (Å²) in [6.45, 7) is 6.97. The van der Waals surface area contributed by atoms with Gasteiger partial charge >= 0.3 is 0 Å². The second kappa shape index (κ2) is 10.7. The van der Waals surface area contributed by atoms with Gasteiger partial charge in [-0.05, 0) is 17.9 Å². The topological polar surface area (TPSA) is 72.0 Å². The van der Waals surface area contributed by atoms with Crippen molar-refractivity contribution in [2.24, 2.45) is 0 Å². The average molecular weight is 410 g/mol. The molecule has 0 bridgehead atoms. The summed E-state index contributed by atoms with van der Waals surface area (Å²) < 4.78 is 1.49. The second-order valence-corrected chi connectivity index (χ2v) is 9.38. The molecule has 0 unspecified atom stereocenters. The van der Waals surface area contributed by atoms with Crippen molar-refractivity contribution in [1.29, 1.82) is 0 Å². The van der Waals surface area contributed by atoms with Gasteiger partial charge in [0.2, 0.25) is 5.91 Å². The fourth-order valence-electron chi connectivity index (χ4n) is 2.02. The number of rotatable bonds is 10. The van der Waals surface area contributed by atoms with Crippen LogP contribution in [0.5, 0.6) is 0 Å². The zero-order chi connectivity index (χ0) is 18.9. The van der Waals surface area contributed by atoms with Gasteiger partial charge in [-0.25, -0.2) is 0 Å².